The standard InChI is InChI=1S/C26H33N3O5S/c1-3-4-13-22-29(20(15-35-22)24(27)32)26(34)23(31)19(14-17-9-6-5-7-10-17)28-25(33)18-11-8-12-21(30)16(18)2/h5-12,19-20,22-23,30-31H,3-4,13-15H2,1-2H3,(H2,27,32)(H,28,33)/t19-,20-,22?,23-/m0/s1. The predicted molar refractivity (Wildman–Crippen MR) is 136 cm³/mol. The van der Waals surface area contributed by atoms with Gasteiger partial charge in [0, 0.05) is 16.9 Å². The van der Waals surface area contributed by atoms with E-state index in [9.17, 15) is 24.6 Å². The highest BCUT2D eigenvalue weighted by molar-refractivity contribution is 8.00. The van der Waals surface area contributed by atoms with Crippen LogP contribution in [0.1, 0.15) is 47.7 Å². The fraction of sp³-hybridized carbons (Fsp3) is 0.423. The van der Waals surface area contributed by atoms with Crippen molar-refractivity contribution in [3.8, 4) is 5.75 Å². The molecule has 0 saturated carbocycles. The molecule has 35 heavy (non-hydrogen) atoms. The van der Waals surface area contributed by atoms with Crippen molar-refractivity contribution in [3.63, 3.8) is 0 Å². The molecule has 1 heterocycles. The van der Waals surface area contributed by atoms with Crippen molar-refractivity contribution in [2.45, 2.75) is 63.1 Å². The Balaban J connectivity index is 1.89. The van der Waals surface area contributed by atoms with Gasteiger partial charge in [-0.05, 0) is 37.5 Å². The topological polar surface area (TPSA) is 133 Å². The molecule has 3 amide bonds. The molecule has 8 nitrogen and oxygen atoms in total. The molecule has 9 heteroatoms. The number of amides is 3. The zero-order valence-electron chi connectivity index (χ0n) is 20.0. The minimum absolute atomic E-state index is 0.0222. The van der Waals surface area contributed by atoms with Gasteiger partial charge in [0.25, 0.3) is 11.8 Å². The van der Waals surface area contributed by atoms with Gasteiger partial charge in [0.15, 0.2) is 6.10 Å². The van der Waals surface area contributed by atoms with Crippen LogP contribution in [0.2, 0.25) is 0 Å². The SMILES string of the molecule is CCCCC1SC[C@@H](C(N)=O)N1C(=O)[C@@H](O)[C@H](Cc1ccccc1)NC(=O)c1cccc(O)c1C. The maximum Gasteiger partial charge on any atom is 0.255 e. The first-order valence-corrected chi connectivity index (χ1v) is 12.8. The van der Waals surface area contributed by atoms with Crippen molar-refractivity contribution < 1.29 is 24.6 Å². The van der Waals surface area contributed by atoms with Gasteiger partial charge < -0.3 is 26.2 Å². The van der Waals surface area contributed by atoms with E-state index < -0.39 is 35.9 Å². The molecule has 1 unspecified atom stereocenters. The monoisotopic (exact) mass is 499 g/mol. The number of benzene rings is 2. The number of carbonyl (C=O) groups excluding carboxylic acids is 3. The summed E-state index contributed by atoms with van der Waals surface area (Å²) < 4.78 is 0. The molecule has 1 fully saturated rings. The summed E-state index contributed by atoms with van der Waals surface area (Å²) >= 11 is 1.48. The Morgan fingerprint density at radius 1 is 1.17 bits per heavy atom. The third-order valence-corrected chi connectivity index (χ3v) is 7.63. The molecule has 2 aromatic carbocycles. The summed E-state index contributed by atoms with van der Waals surface area (Å²) in [4.78, 5) is 40.2. The van der Waals surface area contributed by atoms with Crippen LogP contribution in [0.5, 0.6) is 5.75 Å². The van der Waals surface area contributed by atoms with Gasteiger partial charge in [-0.2, -0.15) is 0 Å². The van der Waals surface area contributed by atoms with Crippen molar-refractivity contribution in [2.24, 2.45) is 5.73 Å². The van der Waals surface area contributed by atoms with Gasteiger partial charge >= 0.3 is 0 Å². The number of unbranched alkanes of at least 4 members (excludes halogenated alkanes) is 1. The number of hydrogen-bond acceptors (Lipinski definition) is 6. The third-order valence-electron chi connectivity index (χ3n) is 6.28. The third kappa shape index (κ3) is 6.35. The fourth-order valence-electron chi connectivity index (χ4n) is 4.23. The lowest BCUT2D eigenvalue weighted by Crippen LogP contribution is -2.57. The largest absolute Gasteiger partial charge is 0.508 e. The molecular formula is C26H33N3O5S. The molecule has 4 atom stereocenters. The number of carbonyl (C=O) groups is 3. The number of primary amides is 1. The summed E-state index contributed by atoms with van der Waals surface area (Å²) in [6, 6.07) is 12.0. The zero-order chi connectivity index (χ0) is 25.5. The second-order valence-electron chi connectivity index (χ2n) is 8.76. The molecule has 188 valence electrons. The quantitative estimate of drug-likeness (QED) is 0.397. The van der Waals surface area contributed by atoms with E-state index in [2.05, 4.69) is 5.32 Å². The number of rotatable bonds is 10. The number of aliphatic hydroxyl groups excluding tert-OH is 1. The smallest absolute Gasteiger partial charge is 0.255 e. The van der Waals surface area contributed by atoms with Crippen LogP contribution in [-0.4, -0.2) is 62.1 Å². The van der Waals surface area contributed by atoms with Crippen molar-refractivity contribution in [1.29, 1.82) is 0 Å². The Kier molecular flexibility index (Phi) is 9.17. The molecule has 0 aliphatic carbocycles. The highest BCUT2D eigenvalue weighted by Crippen LogP contribution is 2.33. The summed E-state index contributed by atoms with van der Waals surface area (Å²) in [5, 5.41) is 23.8. The Morgan fingerprint density at radius 2 is 1.89 bits per heavy atom. The molecular weight excluding hydrogens is 466 g/mol. The van der Waals surface area contributed by atoms with Gasteiger partial charge in [-0.15, -0.1) is 11.8 Å². The Morgan fingerprint density at radius 3 is 2.54 bits per heavy atom. The lowest BCUT2D eigenvalue weighted by atomic mass is 9.98. The van der Waals surface area contributed by atoms with Crippen LogP contribution in [0.4, 0.5) is 0 Å². The molecule has 5 N–H and O–H groups in total. The summed E-state index contributed by atoms with van der Waals surface area (Å²) in [5.41, 5.74) is 7.05. The van der Waals surface area contributed by atoms with Crippen LogP contribution < -0.4 is 11.1 Å². The molecule has 0 radical (unpaired) electrons. The maximum atomic E-state index is 13.6. The first kappa shape index (κ1) is 26.6. The Labute approximate surface area is 209 Å². The lowest BCUT2D eigenvalue weighted by Gasteiger charge is -2.33. The van der Waals surface area contributed by atoms with E-state index in [0.29, 0.717) is 17.7 Å². The Hall–Kier alpha value is -3.04. The molecule has 2 aromatic rings. The number of aromatic hydroxyl groups is 1. The Bertz CT molecular complexity index is 1050. The average Bonchev–Trinajstić information content (AvgIpc) is 3.28. The van der Waals surface area contributed by atoms with Crippen LogP contribution in [-0.2, 0) is 16.0 Å². The van der Waals surface area contributed by atoms with E-state index in [1.54, 1.807) is 19.1 Å². The van der Waals surface area contributed by atoms with Crippen molar-refractivity contribution >= 4 is 29.5 Å². The van der Waals surface area contributed by atoms with E-state index in [1.165, 1.54) is 22.7 Å². The second-order valence-corrected chi connectivity index (χ2v) is 9.97. The van der Waals surface area contributed by atoms with Crippen LogP contribution in [0.15, 0.2) is 48.5 Å². The van der Waals surface area contributed by atoms with Crippen LogP contribution >= 0.6 is 11.8 Å². The zero-order valence-corrected chi connectivity index (χ0v) is 20.8. The number of hydrogen-bond donors (Lipinski definition) is 4. The molecule has 1 aliphatic heterocycles. The van der Waals surface area contributed by atoms with E-state index in [4.69, 9.17) is 5.73 Å². The number of phenols is 1. The molecule has 3 rings (SSSR count). The number of nitrogens with zero attached hydrogens (tertiary/aromatic N) is 1. The number of nitrogens with two attached hydrogens (primary N) is 1. The normalized spacial score (nSPS) is 19.2. The van der Waals surface area contributed by atoms with Crippen LogP contribution in [0, 0.1) is 6.92 Å². The number of nitrogens with one attached hydrogen (secondary N) is 1. The minimum atomic E-state index is -1.60. The van der Waals surface area contributed by atoms with Crippen molar-refractivity contribution in [3.05, 3.63) is 65.2 Å². The van der Waals surface area contributed by atoms with E-state index in [1.807, 2.05) is 37.3 Å². The van der Waals surface area contributed by atoms with Gasteiger partial charge in [0.2, 0.25) is 5.91 Å². The van der Waals surface area contributed by atoms with Gasteiger partial charge in [-0.3, -0.25) is 14.4 Å². The van der Waals surface area contributed by atoms with Gasteiger partial charge in [0.05, 0.1) is 11.4 Å². The minimum Gasteiger partial charge on any atom is -0.508 e. The predicted octanol–water partition coefficient (Wildman–Crippen LogP) is 2.35. The van der Waals surface area contributed by atoms with E-state index >= 15 is 0 Å². The number of aliphatic hydroxyl groups is 1. The molecule has 0 aromatic heterocycles. The highest BCUT2D eigenvalue weighted by Gasteiger charge is 2.44. The first-order chi connectivity index (χ1) is 16.7. The van der Waals surface area contributed by atoms with Crippen molar-refractivity contribution in [1.82, 2.24) is 10.2 Å². The molecule has 1 saturated heterocycles. The molecule has 0 spiro atoms. The fourth-order valence-corrected chi connectivity index (χ4v) is 5.70. The average molecular weight is 500 g/mol. The van der Waals surface area contributed by atoms with Gasteiger partial charge in [0.1, 0.15) is 11.8 Å². The molecule has 0 bridgehead atoms. The summed E-state index contributed by atoms with van der Waals surface area (Å²) in [6.45, 7) is 3.66. The summed E-state index contributed by atoms with van der Waals surface area (Å²) in [7, 11) is 0. The van der Waals surface area contributed by atoms with Crippen molar-refractivity contribution in [2.75, 3.05) is 5.75 Å². The highest BCUT2D eigenvalue weighted by atomic mass is 32.2. The summed E-state index contributed by atoms with van der Waals surface area (Å²) in [5.74, 6) is -1.41. The van der Waals surface area contributed by atoms with Gasteiger partial charge in [-0.25, -0.2) is 0 Å². The first-order valence-electron chi connectivity index (χ1n) is 11.8. The van der Waals surface area contributed by atoms with E-state index in [-0.39, 0.29) is 23.1 Å². The second kappa shape index (κ2) is 12.1. The van der Waals surface area contributed by atoms with E-state index in [0.717, 1.165) is 18.4 Å². The number of thioether (sulfide) groups is 1. The van der Waals surface area contributed by atoms with Crippen LogP contribution in [0.25, 0.3) is 0 Å². The lowest BCUT2D eigenvalue weighted by molar-refractivity contribution is -0.147. The number of phenolic OH excluding ortho intramolecular Hbond substituents is 1. The maximum absolute atomic E-state index is 13.6. The summed E-state index contributed by atoms with van der Waals surface area (Å²) in [6.07, 6.45) is 1.07. The van der Waals surface area contributed by atoms with Gasteiger partial charge in [-0.1, -0.05) is 56.2 Å². The van der Waals surface area contributed by atoms with Crippen LogP contribution in [0.3, 0.4) is 0 Å². The molecule has 1 aliphatic rings.